The number of hydrogen-bond acceptors (Lipinski definition) is 3. The van der Waals surface area contributed by atoms with Gasteiger partial charge in [0.1, 0.15) is 5.75 Å². The highest BCUT2D eigenvalue weighted by Crippen LogP contribution is 2.39. The topological polar surface area (TPSA) is 42.6 Å². The molecule has 1 aromatic carbocycles. The van der Waals surface area contributed by atoms with Crippen molar-refractivity contribution >= 4 is 11.0 Å². The monoisotopic (exact) mass is 190 g/mol. The van der Waals surface area contributed by atoms with E-state index in [9.17, 15) is 5.11 Å². The molecule has 14 heavy (non-hydrogen) atoms. The Morgan fingerprint density at radius 1 is 1.36 bits per heavy atom. The van der Waals surface area contributed by atoms with Gasteiger partial charge in [-0.15, -0.1) is 0 Å². The van der Waals surface area contributed by atoms with Gasteiger partial charge in [0.15, 0.2) is 11.3 Å². The van der Waals surface area contributed by atoms with Gasteiger partial charge >= 0.3 is 0 Å². The first-order chi connectivity index (χ1) is 6.86. The summed E-state index contributed by atoms with van der Waals surface area (Å²) in [6.07, 6.45) is 3.54. The first kappa shape index (κ1) is 7.74. The Labute approximate surface area is 80.9 Å². The Balaban J connectivity index is 2.38. The van der Waals surface area contributed by atoms with Crippen molar-refractivity contribution < 1.29 is 14.3 Å². The second-order valence-electron chi connectivity index (χ2n) is 3.50. The van der Waals surface area contributed by atoms with E-state index in [0.29, 0.717) is 5.58 Å². The van der Waals surface area contributed by atoms with Crippen LogP contribution < -0.4 is 4.74 Å². The van der Waals surface area contributed by atoms with Gasteiger partial charge in [-0.05, 0) is 30.5 Å². The van der Waals surface area contributed by atoms with Crippen molar-refractivity contribution in [1.29, 1.82) is 0 Å². The highest BCUT2D eigenvalue weighted by atomic mass is 16.5. The highest BCUT2D eigenvalue weighted by Gasteiger charge is 2.17. The second kappa shape index (κ2) is 2.67. The molecule has 0 saturated carbocycles. The summed E-state index contributed by atoms with van der Waals surface area (Å²) in [4.78, 5) is 0. The molecular formula is C11H10O3. The van der Waals surface area contributed by atoms with E-state index in [0.717, 1.165) is 36.1 Å². The third-order valence-corrected chi connectivity index (χ3v) is 2.58. The Bertz CT molecular complexity index is 484. The number of rotatable bonds is 0. The summed E-state index contributed by atoms with van der Waals surface area (Å²) in [6, 6.07) is 3.57. The van der Waals surface area contributed by atoms with Crippen LogP contribution in [0.4, 0.5) is 0 Å². The lowest BCUT2D eigenvalue weighted by Gasteiger charge is -2.17. The summed E-state index contributed by atoms with van der Waals surface area (Å²) >= 11 is 0. The molecule has 0 fully saturated rings. The van der Waals surface area contributed by atoms with E-state index in [1.807, 2.05) is 6.07 Å². The Hall–Kier alpha value is -1.64. The van der Waals surface area contributed by atoms with Crippen LogP contribution in [0.25, 0.3) is 11.0 Å². The molecule has 0 bridgehead atoms. The van der Waals surface area contributed by atoms with Gasteiger partial charge in [-0.25, -0.2) is 0 Å². The van der Waals surface area contributed by atoms with Crippen LogP contribution in [0.2, 0.25) is 0 Å². The standard InChI is InChI=1S/C11H10O3/c12-9-6-7-2-1-4-13-10(7)8-3-5-14-11(8)9/h3,5-6,12H,1-2,4H2. The molecule has 0 atom stereocenters. The van der Waals surface area contributed by atoms with Crippen LogP contribution in [-0.4, -0.2) is 11.7 Å². The Kier molecular flexibility index (Phi) is 1.48. The van der Waals surface area contributed by atoms with E-state index in [1.165, 1.54) is 0 Å². The molecule has 1 aliphatic heterocycles. The average molecular weight is 190 g/mol. The van der Waals surface area contributed by atoms with Gasteiger partial charge in [0.2, 0.25) is 0 Å². The fraction of sp³-hybridized carbons (Fsp3) is 0.273. The molecule has 2 aromatic rings. The van der Waals surface area contributed by atoms with Crippen LogP contribution in [0, 0.1) is 0 Å². The zero-order valence-electron chi connectivity index (χ0n) is 7.62. The molecule has 3 nitrogen and oxygen atoms in total. The number of phenolic OH excluding ortho intramolecular Hbond substituents is 1. The van der Waals surface area contributed by atoms with Gasteiger partial charge in [0.05, 0.1) is 18.3 Å². The second-order valence-corrected chi connectivity index (χ2v) is 3.50. The van der Waals surface area contributed by atoms with Crippen LogP contribution in [0.3, 0.4) is 0 Å². The van der Waals surface area contributed by atoms with E-state index in [-0.39, 0.29) is 5.75 Å². The maximum Gasteiger partial charge on any atom is 0.179 e. The van der Waals surface area contributed by atoms with Crippen LogP contribution in [0.15, 0.2) is 22.8 Å². The summed E-state index contributed by atoms with van der Waals surface area (Å²) in [5.74, 6) is 1.08. The van der Waals surface area contributed by atoms with Gasteiger partial charge in [-0.1, -0.05) is 0 Å². The number of aryl methyl sites for hydroxylation is 1. The highest BCUT2D eigenvalue weighted by molar-refractivity contribution is 5.90. The first-order valence-corrected chi connectivity index (χ1v) is 4.71. The normalized spacial score (nSPS) is 15.1. The fourth-order valence-corrected chi connectivity index (χ4v) is 1.95. The van der Waals surface area contributed by atoms with E-state index >= 15 is 0 Å². The van der Waals surface area contributed by atoms with E-state index in [1.54, 1.807) is 12.3 Å². The smallest absolute Gasteiger partial charge is 0.179 e. The van der Waals surface area contributed by atoms with Gasteiger partial charge in [-0.3, -0.25) is 0 Å². The minimum absolute atomic E-state index is 0.203. The molecule has 72 valence electrons. The number of hydrogen-bond donors (Lipinski definition) is 1. The quantitative estimate of drug-likeness (QED) is 0.693. The number of phenols is 1. The van der Waals surface area contributed by atoms with Crippen molar-refractivity contribution in [3.8, 4) is 11.5 Å². The maximum absolute atomic E-state index is 9.67. The predicted octanol–water partition coefficient (Wildman–Crippen LogP) is 2.46. The zero-order valence-corrected chi connectivity index (χ0v) is 7.62. The number of benzene rings is 1. The molecule has 3 rings (SSSR count). The molecule has 0 spiro atoms. The predicted molar refractivity (Wildman–Crippen MR) is 51.7 cm³/mol. The molecule has 1 N–H and O–H groups in total. The summed E-state index contributed by atoms with van der Waals surface area (Å²) in [5, 5.41) is 10.5. The molecule has 2 heterocycles. The molecule has 1 aliphatic rings. The van der Waals surface area contributed by atoms with Crippen LogP contribution in [-0.2, 0) is 6.42 Å². The molecular weight excluding hydrogens is 180 g/mol. The zero-order chi connectivity index (χ0) is 9.54. The van der Waals surface area contributed by atoms with Crippen molar-refractivity contribution in [2.75, 3.05) is 6.61 Å². The first-order valence-electron chi connectivity index (χ1n) is 4.71. The summed E-state index contributed by atoms with van der Waals surface area (Å²) in [6.45, 7) is 0.748. The van der Waals surface area contributed by atoms with E-state index in [2.05, 4.69) is 0 Å². The SMILES string of the molecule is Oc1cc2c(c3ccoc13)OCCC2. The minimum atomic E-state index is 0.203. The minimum Gasteiger partial charge on any atom is -0.504 e. The van der Waals surface area contributed by atoms with Gasteiger partial charge < -0.3 is 14.3 Å². The van der Waals surface area contributed by atoms with Crippen LogP contribution >= 0.6 is 0 Å². The Morgan fingerprint density at radius 3 is 3.21 bits per heavy atom. The van der Waals surface area contributed by atoms with Crippen molar-refractivity contribution in [3.05, 3.63) is 24.0 Å². The lowest BCUT2D eigenvalue weighted by molar-refractivity contribution is 0.291. The molecule has 0 aliphatic carbocycles. The van der Waals surface area contributed by atoms with Gasteiger partial charge in [0.25, 0.3) is 0 Å². The molecule has 3 heteroatoms. The number of fused-ring (bicyclic) bond motifs is 3. The molecule has 0 amide bonds. The molecule has 1 aromatic heterocycles. The maximum atomic E-state index is 9.67. The number of ether oxygens (including phenoxy) is 1. The molecule has 0 saturated heterocycles. The van der Waals surface area contributed by atoms with Crippen molar-refractivity contribution in [1.82, 2.24) is 0 Å². The fourth-order valence-electron chi connectivity index (χ4n) is 1.95. The number of furan rings is 1. The number of aromatic hydroxyl groups is 1. The van der Waals surface area contributed by atoms with Gasteiger partial charge in [0, 0.05) is 0 Å². The summed E-state index contributed by atoms with van der Waals surface area (Å²) in [7, 11) is 0. The van der Waals surface area contributed by atoms with Crippen LogP contribution in [0.1, 0.15) is 12.0 Å². The third kappa shape index (κ3) is 0.923. The third-order valence-electron chi connectivity index (χ3n) is 2.58. The average Bonchev–Trinajstić information content (AvgIpc) is 2.67. The largest absolute Gasteiger partial charge is 0.504 e. The van der Waals surface area contributed by atoms with Crippen LogP contribution in [0.5, 0.6) is 11.5 Å². The molecule has 0 radical (unpaired) electrons. The van der Waals surface area contributed by atoms with E-state index in [4.69, 9.17) is 9.15 Å². The molecule has 0 unspecified atom stereocenters. The Morgan fingerprint density at radius 2 is 2.29 bits per heavy atom. The van der Waals surface area contributed by atoms with Crippen molar-refractivity contribution in [2.45, 2.75) is 12.8 Å². The van der Waals surface area contributed by atoms with Crippen molar-refractivity contribution in [3.63, 3.8) is 0 Å². The van der Waals surface area contributed by atoms with Gasteiger partial charge in [-0.2, -0.15) is 0 Å². The summed E-state index contributed by atoms with van der Waals surface area (Å²) in [5.41, 5.74) is 1.59. The summed E-state index contributed by atoms with van der Waals surface area (Å²) < 4.78 is 10.8. The lowest BCUT2D eigenvalue weighted by Crippen LogP contribution is -2.08. The van der Waals surface area contributed by atoms with Crippen molar-refractivity contribution in [2.24, 2.45) is 0 Å². The van der Waals surface area contributed by atoms with E-state index < -0.39 is 0 Å². The lowest BCUT2D eigenvalue weighted by atomic mass is 10.0.